The lowest BCUT2D eigenvalue weighted by Gasteiger charge is -2.27. The van der Waals surface area contributed by atoms with Crippen LogP contribution in [0.15, 0.2) is 18.2 Å². The lowest BCUT2D eigenvalue weighted by atomic mass is 9.96. The summed E-state index contributed by atoms with van der Waals surface area (Å²) in [5.74, 6) is 1.19. The summed E-state index contributed by atoms with van der Waals surface area (Å²) >= 11 is 0. The van der Waals surface area contributed by atoms with E-state index in [1.54, 1.807) is 0 Å². The van der Waals surface area contributed by atoms with Crippen LogP contribution in [0.2, 0.25) is 0 Å². The summed E-state index contributed by atoms with van der Waals surface area (Å²) in [6, 6.07) is 5.59. The lowest BCUT2D eigenvalue weighted by Crippen LogP contribution is -3.14. The second-order valence-corrected chi connectivity index (χ2v) is 6.51. The van der Waals surface area contributed by atoms with Crippen LogP contribution in [0.4, 0.5) is 0 Å². The molecule has 24 heavy (non-hydrogen) atoms. The van der Waals surface area contributed by atoms with Crippen LogP contribution in [0.25, 0.3) is 0 Å². The van der Waals surface area contributed by atoms with Crippen molar-refractivity contribution in [1.82, 2.24) is 5.32 Å². The second-order valence-electron chi connectivity index (χ2n) is 6.51. The third-order valence-corrected chi connectivity index (χ3v) is 4.78. The monoisotopic (exact) mass is 334 g/mol. The van der Waals surface area contributed by atoms with Gasteiger partial charge >= 0.3 is 0 Å². The number of likely N-dealkylation sites (tertiary alicyclic amines) is 1. The summed E-state index contributed by atoms with van der Waals surface area (Å²) in [5.41, 5.74) is 6.32. The number of hydrogen-bond acceptors (Lipinski definition) is 4. The normalized spacial score (nSPS) is 23.5. The Balaban J connectivity index is 1.49. The zero-order valence-electron chi connectivity index (χ0n) is 13.8. The third-order valence-electron chi connectivity index (χ3n) is 4.78. The second kappa shape index (κ2) is 7.09. The van der Waals surface area contributed by atoms with Crippen molar-refractivity contribution in [1.29, 1.82) is 0 Å². The fourth-order valence-electron chi connectivity index (χ4n) is 3.27. The molecule has 2 aliphatic rings. The molecule has 0 unspecified atom stereocenters. The molecule has 0 radical (unpaired) electrons. The van der Waals surface area contributed by atoms with Gasteiger partial charge in [-0.25, -0.2) is 0 Å². The van der Waals surface area contributed by atoms with Gasteiger partial charge in [0, 0.05) is 18.8 Å². The van der Waals surface area contributed by atoms with E-state index in [2.05, 4.69) is 5.32 Å². The maximum absolute atomic E-state index is 12.3. The Bertz CT molecular complexity index is 626. The highest BCUT2D eigenvalue weighted by Crippen LogP contribution is 2.34. The molecule has 1 fully saturated rings. The number of nitrogens with one attached hydrogen (secondary N) is 2. The van der Waals surface area contributed by atoms with Gasteiger partial charge in [0.05, 0.1) is 19.1 Å². The van der Waals surface area contributed by atoms with Crippen LogP contribution in [-0.4, -0.2) is 38.2 Å². The van der Waals surface area contributed by atoms with Gasteiger partial charge in [-0.3, -0.25) is 9.59 Å². The Hall–Kier alpha value is -2.28. The van der Waals surface area contributed by atoms with E-state index >= 15 is 0 Å². The number of carbonyl (C=O) groups is 2. The van der Waals surface area contributed by atoms with E-state index in [4.69, 9.17) is 15.2 Å². The first-order valence-electron chi connectivity index (χ1n) is 8.34. The van der Waals surface area contributed by atoms with E-state index in [-0.39, 0.29) is 30.6 Å². The topological polar surface area (TPSA) is 95.1 Å². The summed E-state index contributed by atoms with van der Waals surface area (Å²) in [7, 11) is 0. The van der Waals surface area contributed by atoms with Gasteiger partial charge in [-0.2, -0.15) is 0 Å². The minimum absolute atomic E-state index is 0.00712. The van der Waals surface area contributed by atoms with Crippen molar-refractivity contribution in [3.8, 4) is 11.5 Å². The Morgan fingerprint density at radius 1 is 1.29 bits per heavy atom. The molecule has 1 saturated heterocycles. The highest BCUT2D eigenvalue weighted by Gasteiger charge is 2.27. The quantitative estimate of drug-likeness (QED) is 0.668. The number of carbonyl (C=O) groups excluding carboxylic acids is 2. The van der Waals surface area contributed by atoms with Gasteiger partial charge in [0.2, 0.25) is 12.7 Å². The van der Waals surface area contributed by atoms with Crippen LogP contribution in [0, 0.1) is 5.92 Å². The summed E-state index contributed by atoms with van der Waals surface area (Å²) in [6.07, 6.45) is 1.52. The predicted molar refractivity (Wildman–Crippen MR) is 86.6 cm³/mol. The summed E-state index contributed by atoms with van der Waals surface area (Å²) in [6.45, 7) is 4.22. The molecule has 0 aromatic heterocycles. The van der Waals surface area contributed by atoms with Crippen molar-refractivity contribution < 1.29 is 24.0 Å². The molecule has 2 aliphatic heterocycles. The van der Waals surface area contributed by atoms with Crippen LogP contribution >= 0.6 is 0 Å². The zero-order chi connectivity index (χ0) is 17.1. The Kier molecular flexibility index (Phi) is 4.89. The molecule has 0 aliphatic carbocycles. The molecule has 3 rings (SSSR count). The molecule has 2 amide bonds. The molecule has 1 aromatic rings. The van der Waals surface area contributed by atoms with Gasteiger partial charge in [0.15, 0.2) is 18.0 Å². The van der Waals surface area contributed by atoms with E-state index in [0.29, 0.717) is 12.3 Å². The molecule has 2 heterocycles. The molecule has 0 bridgehead atoms. The smallest absolute Gasteiger partial charge is 0.275 e. The number of ether oxygens (including phenoxy) is 2. The van der Waals surface area contributed by atoms with E-state index in [9.17, 15) is 9.59 Å². The highest BCUT2D eigenvalue weighted by atomic mass is 16.7. The average Bonchev–Trinajstić information content (AvgIpc) is 3.02. The van der Waals surface area contributed by atoms with Crippen LogP contribution in [0.5, 0.6) is 11.5 Å². The fourth-order valence-corrected chi connectivity index (χ4v) is 3.27. The van der Waals surface area contributed by atoms with Gasteiger partial charge < -0.3 is 25.4 Å². The van der Waals surface area contributed by atoms with Gasteiger partial charge in [0.1, 0.15) is 0 Å². The maximum atomic E-state index is 12.3. The first kappa shape index (κ1) is 16.6. The molecule has 1 atom stereocenters. The van der Waals surface area contributed by atoms with Crippen LogP contribution in [-0.2, 0) is 9.59 Å². The van der Waals surface area contributed by atoms with Crippen molar-refractivity contribution in [3.63, 3.8) is 0 Å². The molecule has 1 aromatic carbocycles. The lowest BCUT2D eigenvalue weighted by molar-refractivity contribution is -0.897. The number of benzene rings is 1. The van der Waals surface area contributed by atoms with Crippen molar-refractivity contribution in [2.24, 2.45) is 11.7 Å². The largest absolute Gasteiger partial charge is 0.454 e. The van der Waals surface area contributed by atoms with Gasteiger partial charge in [-0.1, -0.05) is 6.07 Å². The number of quaternary nitrogens is 1. The number of rotatable bonds is 5. The number of hydrogen-bond donors (Lipinski definition) is 3. The van der Waals surface area contributed by atoms with E-state index in [1.165, 1.54) is 4.90 Å². The first-order valence-corrected chi connectivity index (χ1v) is 8.34. The van der Waals surface area contributed by atoms with Gasteiger partial charge in [-0.05, 0) is 24.6 Å². The number of fused-ring (bicyclic) bond motifs is 1. The van der Waals surface area contributed by atoms with E-state index in [0.717, 1.165) is 37.2 Å². The molecular weight excluding hydrogens is 310 g/mol. The number of nitrogens with two attached hydrogens (primary N) is 1. The molecule has 7 nitrogen and oxygen atoms in total. The third kappa shape index (κ3) is 3.79. The molecule has 0 spiro atoms. The van der Waals surface area contributed by atoms with Gasteiger partial charge in [-0.15, -0.1) is 0 Å². The standard InChI is InChI=1S/C17H23N3O4/c1-11(13-2-3-14-15(8-13)24-10-23-14)19-16(21)9-20-6-4-12(5-7-20)17(18)22/h2-3,8,11-12H,4-7,9-10H2,1H3,(H2,18,22)(H,19,21)/p+1/t11-/m0/s1. The molecular formula is C17H24N3O4+. The zero-order valence-corrected chi connectivity index (χ0v) is 13.8. The minimum Gasteiger partial charge on any atom is -0.454 e. The predicted octanol–water partition coefficient (Wildman–Crippen LogP) is -0.627. The molecule has 4 N–H and O–H groups in total. The van der Waals surface area contributed by atoms with E-state index in [1.807, 2.05) is 25.1 Å². The van der Waals surface area contributed by atoms with Crippen molar-refractivity contribution in [2.75, 3.05) is 26.4 Å². The van der Waals surface area contributed by atoms with Crippen molar-refractivity contribution in [2.45, 2.75) is 25.8 Å². The van der Waals surface area contributed by atoms with Crippen LogP contribution in [0.1, 0.15) is 31.4 Å². The highest BCUT2D eigenvalue weighted by molar-refractivity contribution is 5.77. The average molecular weight is 334 g/mol. The molecule has 0 saturated carbocycles. The summed E-state index contributed by atoms with van der Waals surface area (Å²) < 4.78 is 10.7. The summed E-state index contributed by atoms with van der Waals surface area (Å²) in [4.78, 5) is 24.6. The molecule has 130 valence electrons. The number of amides is 2. The SMILES string of the molecule is C[C@H](NC(=O)C[NH+]1CCC(C(N)=O)CC1)c1ccc2c(c1)OCO2. The Morgan fingerprint density at radius 3 is 2.71 bits per heavy atom. The number of piperidine rings is 1. The Morgan fingerprint density at radius 2 is 2.00 bits per heavy atom. The Labute approximate surface area is 141 Å². The summed E-state index contributed by atoms with van der Waals surface area (Å²) in [5, 5.41) is 3.02. The number of primary amides is 1. The van der Waals surface area contributed by atoms with Crippen molar-refractivity contribution >= 4 is 11.8 Å². The first-order chi connectivity index (χ1) is 11.5. The van der Waals surface area contributed by atoms with Crippen LogP contribution < -0.4 is 25.4 Å². The maximum Gasteiger partial charge on any atom is 0.275 e. The molecule has 7 heteroatoms. The van der Waals surface area contributed by atoms with Gasteiger partial charge in [0.25, 0.3) is 5.91 Å². The van der Waals surface area contributed by atoms with Crippen molar-refractivity contribution in [3.05, 3.63) is 23.8 Å². The van der Waals surface area contributed by atoms with E-state index < -0.39 is 0 Å². The fraction of sp³-hybridized carbons (Fsp3) is 0.529. The van der Waals surface area contributed by atoms with Crippen LogP contribution in [0.3, 0.4) is 0 Å². The minimum atomic E-state index is -0.227.